The molecular formula is C15H21O2. The lowest BCUT2D eigenvalue weighted by Crippen LogP contribution is -2.19. The second-order valence-electron chi connectivity index (χ2n) is 4.59. The molecule has 0 heterocycles. The van der Waals surface area contributed by atoms with Crippen LogP contribution in [0.1, 0.15) is 37.7 Å². The Morgan fingerprint density at radius 2 is 1.82 bits per heavy atom. The van der Waals surface area contributed by atoms with Gasteiger partial charge in [0.15, 0.2) is 0 Å². The molecule has 0 atom stereocenters. The third kappa shape index (κ3) is 4.88. The van der Waals surface area contributed by atoms with E-state index in [2.05, 4.69) is 6.07 Å². The van der Waals surface area contributed by atoms with Crippen LogP contribution in [-0.2, 0) is 16.1 Å². The van der Waals surface area contributed by atoms with E-state index in [1.165, 1.54) is 37.7 Å². The summed E-state index contributed by atoms with van der Waals surface area (Å²) in [5.41, 5.74) is 1.20. The van der Waals surface area contributed by atoms with E-state index in [4.69, 9.17) is 9.47 Å². The number of ether oxygens (including phenoxy) is 2. The third-order valence-corrected chi connectivity index (χ3v) is 3.19. The Morgan fingerprint density at radius 3 is 2.59 bits per heavy atom. The summed E-state index contributed by atoms with van der Waals surface area (Å²) in [6, 6.07) is 10.9. The van der Waals surface area contributed by atoms with Gasteiger partial charge in [-0.3, -0.25) is 0 Å². The van der Waals surface area contributed by atoms with Gasteiger partial charge in [-0.25, -0.2) is 0 Å². The van der Waals surface area contributed by atoms with Crippen molar-refractivity contribution in [2.75, 3.05) is 13.2 Å². The van der Waals surface area contributed by atoms with Crippen LogP contribution < -0.4 is 0 Å². The highest BCUT2D eigenvalue weighted by Crippen LogP contribution is 2.19. The zero-order valence-corrected chi connectivity index (χ0v) is 10.4. The van der Waals surface area contributed by atoms with E-state index < -0.39 is 0 Å². The highest BCUT2D eigenvalue weighted by molar-refractivity contribution is 5.12. The smallest absolute Gasteiger partial charge is 0.0718 e. The Labute approximate surface area is 104 Å². The lowest BCUT2D eigenvalue weighted by atomic mass is 9.98. The molecule has 0 saturated heterocycles. The lowest BCUT2D eigenvalue weighted by molar-refractivity contribution is -0.0137. The molecule has 0 aliphatic heterocycles. The molecule has 1 radical (unpaired) electrons. The minimum Gasteiger partial charge on any atom is -0.376 e. The number of hydrogen-bond donors (Lipinski definition) is 0. The van der Waals surface area contributed by atoms with Crippen molar-refractivity contribution in [2.45, 2.75) is 44.8 Å². The Kier molecular flexibility index (Phi) is 5.53. The van der Waals surface area contributed by atoms with Crippen molar-refractivity contribution in [3.8, 4) is 0 Å². The standard InChI is InChI=1S/C15H21O2/c1-3-7-14(8-4-1)13-16-11-12-17-15-9-5-2-6-10-15/h3-4,7-8,15H,2,5-6,9-13H2. The lowest BCUT2D eigenvalue weighted by Gasteiger charge is -2.21. The SMILES string of the molecule is [c]1ccc(COCCOC2CCCCC2)cc1. The van der Waals surface area contributed by atoms with E-state index in [0.717, 1.165) is 6.61 Å². The Bertz CT molecular complexity index is 291. The van der Waals surface area contributed by atoms with Crippen LogP contribution in [0.15, 0.2) is 24.3 Å². The van der Waals surface area contributed by atoms with Gasteiger partial charge in [-0.05, 0) is 24.5 Å². The van der Waals surface area contributed by atoms with Crippen LogP contribution in [0, 0.1) is 6.07 Å². The van der Waals surface area contributed by atoms with Crippen LogP contribution in [0.4, 0.5) is 0 Å². The van der Waals surface area contributed by atoms with E-state index >= 15 is 0 Å². The van der Waals surface area contributed by atoms with E-state index in [-0.39, 0.29) is 0 Å². The van der Waals surface area contributed by atoms with E-state index in [0.29, 0.717) is 19.3 Å². The van der Waals surface area contributed by atoms with Gasteiger partial charge in [0.2, 0.25) is 0 Å². The first kappa shape index (κ1) is 12.6. The molecular weight excluding hydrogens is 212 g/mol. The molecule has 0 aromatic heterocycles. The van der Waals surface area contributed by atoms with Crippen LogP contribution in [0.3, 0.4) is 0 Å². The van der Waals surface area contributed by atoms with Gasteiger partial charge in [-0.15, -0.1) is 0 Å². The normalized spacial score (nSPS) is 17.2. The zero-order valence-electron chi connectivity index (χ0n) is 10.4. The van der Waals surface area contributed by atoms with Crippen molar-refractivity contribution in [2.24, 2.45) is 0 Å². The minimum atomic E-state index is 0.485. The van der Waals surface area contributed by atoms with Gasteiger partial charge in [0.05, 0.1) is 25.9 Å². The van der Waals surface area contributed by atoms with Crippen LogP contribution >= 0.6 is 0 Å². The van der Waals surface area contributed by atoms with Crippen molar-refractivity contribution < 1.29 is 9.47 Å². The van der Waals surface area contributed by atoms with E-state index in [1.54, 1.807) is 0 Å². The molecule has 0 spiro atoms. The fourth-order valence-electron chi connectivity index (χ4n) is 2.21. The maximum Gasteiger partial charge on any atom is 0.0718 e. The fraction of sp³-hybridized carbons (Fsp3) is 0.600. The first-order valence-corrected chi connectivity index (χ1v) is 6.59. The number of benzene rings is 1. The molecule has 1 aromatic carbocycles. The monoisotopic (exact) mass is 233 g/mol. The van der Waals surface area contributed by atoms with Crippen molar-refractivity contribution in [3.05, 3.63) is 35.9 Å². The first-order chi connectivity index (χ1) is 8.45. The summed E-state index contributed by atoms with van der Waals surface area (Å²) in [4.78, 5) is 0. The molecule has 0 unspecified atom stereocenters. The average molecular weight is 233 g/mol. The molecule has 1 saturated carbocycles. The molecule has 17 heavy (non-hydrogen) atoms. The van der Waals surface area contributed by atoms with Crippen LogP contribution in [0.25, 0.3) is 0 Å². The van der Waals surface area contributed by atoms with Gasteiger partial charge in [0, 0.05) is 0 Å². The van der Waals surface area contributed by atoms with Crippen LogP contribution in [0.5, 0.6) is 0 Å². The molecule has 1 fully saturated rings. The number of rotatable bonds is 6. The number of hydrogen-bond acceptors (Lipinski definition) is 2. The Hall–Kier alpha value is -0.860. The highest BCUT2D eigenvalue weighted by Gasteiger charge is 2.12. The molecule has 2 heteroatoms. The zero-order chi connectivity index (χ0) is 11.8. The Balaban J connectivity index is 1.51. The second kappa shape index (κ2) is 7.46. The second-order valence-corrected chi connectivity index (χ2v) is 4.59. The summed E-state index contributed by atoms with van der Waals surface area (Å²) in [6.07, 6.45) is 6.97. The van der Waals surface area contributed by atoms with Crippen molar-refractivity contribution in [3.63, 3.8) is 0 Å². The van der Waals surface area contributed by atoms with Crippen LogP contribution in [-0.4, -0.2) is 19.3 Å². The van der Waals surface area contributed by atoms with E-state index in [9.17, 15) is 0 Å². The van der Waals surface area contributed by atoms with Gasteiger partial charge in [-0.1, -0.05) is 43.5 Å². The quantitative estimate of drug-likeness (QED) is 0.701. The van der Waals surface area contributed by atoms with Gasteiger partial charge >= 0.3 is 0 Å². The van der Waals surface area contributed by atoms with Crippen molar-refractivity contribution >= 4 is 0 Å². The Morgan fingerprint density at radius 1 is 1.06 bits per heavy atom. The summed E-state index contributed by atoms with van der Waals surface area (Å²) in [5, 5.41) is 0. The average Bonchev–Trinajstić information content (AvgIpc) is 2.41. The van der Waals surface area contributed by atoms with Crippen LogP contribution in [0.2, 0.25) is 0 Å². The third-order valence-electron chi connectivity index (χ3n) is 3.19. The molecule has 1 aromatic rings. The molecule has 0 bridgehead atoms. The van der Waals surface area contributed by atoms with Gasteiger partial charge in [-0.2, -0.15) is 0 Å². The van der Waals surface area contributed by atoms with E-state index in [1.807, 2.05) is 24.3 Å². The predicted octanol–water partition coefficient (Wildman–Crippen LogP) is 3.35. The topological polar surface area (TPSA) is 18.5 Å². The summed E-state index contributed by atoms with van der Waals surface area (Å²) in [5.74, 6) is 0. The maximum absolute atomic E-state index is 5.79. The van der Waals surface area contributed by atoms with Gasteiger partial charge in [0.1, 0.15) is 0 Å². The van der Waals surface area contributed by atoms with Gasteiger partial charge < -0.3 is 9.47 Å². The molecule has 93 valence electrons. The summed E-state index contributed by atoms with van der Waals surface area (Å²) < 4.78 is 11.4. The van der Waals surface area contributed by atoms with Crippen molar-refractivity contribution in [1.29, 1.82) is 0 Å². The highest BCUT2D eigenvalue weighted by atomic mass is 16.5. The molecule has 1 aliphatic rings. The molecule has 0 N–H and O–H groups in total. The summed E-state index contributed by atoms with van der Waals surface area (Å²) >= 11 is 0. The maximum atomic E-state index is 5.79. The van der Waals surface area contributed by atoms with Gasteiger partial charge in [0.25, 0.3) is 0 Å². The summed E-state index contributed by atoms with van der Waals surface area (Å²) in [6.45, 7) is 2.08. The van der Waals surface area contributed by atoms with Crippen molar-refractivity contribution in [1.82, 2.24) is 0 Å². The molecule has 0 amide bonds. The molecule has 1 aliphatic carbocycles. The fourth-order valence-corrected chi connectivity index (χ4v) is 2.21. The predicted molar refractivity (Wildman–Crippen MR) is 67.8 cm³/mol. The first-order valence-electron chi connectivity index (χ1n) is 6.59. The minimum absolute atomic E-state index is 0.485. The largest absolute Gasteiger partial charge is 0.376 e. The molecule has 2 nitrogen and oxygen atoms in total. The summed E-state index contributed by atoms with van der Waals surface area (Å²) in [7, 11) is 0. The molecule has 2 rings (SSSR count).